The fourth-order valence-electron chi connectivity index (χ4n) is 2.97. The summed E-state index contributed by atoms with van der Waals surface area (Å²) in [5.41, 5.74) is 5.15. The summed E-state index contributed by atoms with van der Waals surface area (Å²) in [6.45, 7) is 1.38. The molecule has 4 rings (SSSR count). The fraction of sp³-hybridized carbons (Fsp3) is 0.0909. The average molecular weight is 375 g/mol. The number of pyridine rings is 1. The molecule has 1 N–H and O–H groups in total. The number of halogens is 1. The van der Waals surface area contributed by atoms with E-state index in [-0.39, 0.29) is 0 Å². The number of benzene rings is 2. The minimum Gasteiger partial charge on any atom is -0.308 e. The first kappa shape index (κ1) is 17.5. The summed E-state index contributed by atoms with van der Waals surface area (Å²) in [7, 11) is 0. The number of nitrogens with one attached hydrogen (secondary N) is 1. The van der Waals surface area contributed by atoms with Gasteiger partial charge in [0.15, 0.2) is 0 Å². The Morgan fingerprint density at radius 2 is 1.63 bits per heavy atom. The molecular formula is C22H19ClN4. The third kappa shape index (κ3) is 4.08. The average Bonchev–Trinajstić information content (AvgIpc) is 3.15. The molecule has 0 aliphatic heterocycles. The van der Waals surface area contributed by atoms with Gasteiger partial charge >= 0.3 is 0 Å². The zero-order valence-electron chi connectivity index (χ0n) is 14.7. The Bertz CT molecular complexity index is 1010. The molecule has 0 bridgehead atoms. The van der Waals surface area contributed by atoms with E-state index in [4.69, 9.17) is 16.7 Å². The molecule has 0 spiro atoms. The third-order valence-electron chi connectivity index (χ3n) is 4.33. The number of nitrogens with zero attached hydrogens (tertiary/aromatic N) is 3. The molecule has 134 valence electrons. The summed E-state index contributed by atoms with van der Waals surface area (Å²) in [5, 5.41) is 9.06. The molecule has 0 unspecified atom stereocenters. The van der Waals surface area contributed by atoms with E-state index in [1.807, 2.05) is 77.6 Å². The van der Waals surface area contributed by atoms with Gasteiger partial charge in [0.25, 0.3) is 0 Å². The van der Waals surface area contributed by atoms with E-state index in [1.165, 1.54) is 0 Å². The summed E-state index contributed by atoms with van der Waals surface area (Å²) in [4.78, 5) is 4.24. The Morgan fingerprint density at radius 1 is 0.852 bits per heavy atom. The van der Waals surface area contributed by atoms with Gasteiger partial charge in [-0.05, 0) is 35.9 Å². The maximum atomic E-state index is 6.25. The molecule has 5 heteroatoms. The second-order valence-electron chi connectivity index (χ2n) is 6.22. The highest BCUT2D eigenvalue weighted by Crippen LogP contribution is 2.23. The topological polar surface area (TPSA) is 42.7 Å². The minimum atomic E-state index is 0.683. The van der Waals surface area contributed by atoms with Crippen molar-refractivity contribution >= 4 is 11.6 Å². The highest BCUT2D eigenvalue weighted by Gasteiger charge is 2.12. The van der Waals surface area contributed by atoms with Crippen LogP contribution in [0.1, 0.15) is 11.1 Å². The Kier molecular flexibility index (Phi) is 5.28. The lowest BCUT2D eigenvalue weighted by Crippen LogP contribution is -2.13. The lowest BCUT2D eigenvalue weighted by molar-refractivity contribution is 0.694. The smallest absolute Gasteiger partial charge is 0.0988 e. The van der Waals surface area contributed by atoms with Gasteiger partial charge in [-0.15, -0.1) is 0 Å². The van der Waals surface area contributed by atoms with Crippen LogP contribution in [0.2, 0.25) is 5.02 Å². The normalized spacial score (nSPS) is 10.9. The van der Waals surface area contributed by atoms with E-state index < -0.39 is 0 Å². The van der Waals surface area contributed by atoms with E-state index in [0.717, 1.165) is 33.1 Å². The van der Waals surface area contributed by atoms with Crippen molar-refractivity contribution < 1.29 is 0 Å². The predicted octanol–water partition coefficient (Wildman–Crippen LogP) is 4.88. The first-order chi connectivity index (χ1) is 13.3. The maximum Gasteiger partial charge on any atom is 0.0988 e. The second-order valence-corrected chi connectivity index (χ2v) is 6.63. The second kappa shape index (κ2) is 8.16. The molecule has 2 heterocycles. The monoisotopic (exact) mass is 374 g/mol. The number of hydrogen-bond acceptors (Lipinski definition) is 3. The van der Waals surface area contributed by atoms with Crippen molar-refractivity contribution in [1.29, 1.82) is 0 Å². The van der Waals surface area contributed by atoms with Gasteiger partial charge in [0, 0.05) is 47.8 Å². The van der Waals surface area contributed by atoms with Crippen LogP contribution in [0.5, 0.6) is 0 Å². The van der Waals surface area contributed by atoms with Crippen molar-refractivity contribution in [1.82, 2.24) is 20.1 Å². The Labute approximate surface area is 163 Å². The van der Waals surface area contributed by atoms with Crippen molar-refractivity contribution in [2.75, 3.05) is 0 Å². The van der Waals surface area contributed by atoms with Crippen LogP contribution >= 0.6 is 11.6 Å². The van der Waals surface area contributed by atoms with E-state index in [9.17, 15) is 0 Å². The fourth-order valence-corrected chi connectivity index (χ4v) is 3.17. The van der Waals surface area contributed by atoms with Crippen LogP contribution in [0.15, 0.2) is 85.3 Å². The van der Waals surface area contributed by atoms with Gasteiger partial charge in [-0.2, -0.15) is 5.10 Å². The first-order valence-electron chi connectivity index (χ1n) is 8.80. The molecule has 0 fully saturated rings. The highest BCUT2D eigenvalue weighted by molar-refractivity contribution is 6.31. The molecule has 2 aromatic carbocycles. The number of aromatic nitrogens is 3. The molecule has 4 nitrogen and oxygen atoms in total. The van der Waals surface area contributed by atoms with E-state index in [2.05, 4.69) is 16.5 Å². The van der Waals surface area contributed by atoms with Crippen molar-refractivity contribution in [2.24, 2.45) is 0 Å². The molecule has 0 atom stereocenters. The van der Waals surface area contributed by atoms with Crippen molar-refractivity contribution in [3.8, 4) is 16.9 Å². The number of hydrogen-bond donors (Lipinski definition) is 1. The molecule has 0 saturated carbocycles. The van der Waals surface area contributed by atoms with Gasteiger partial charge < -0.3 is 5.32 Å². The molecule has 4 aromatic rings. The number of rotatable bonds is 6. The largest absolute Gasteiger partial charge is 0.308 e. The summed E-state index contributed by atoms with van der Waals surface area (Å²) in [6, 6.07) is 21.9. The SMILES string of the molecule is Clc1ccccc1CNCc1cn(-c2ccccc2)nc1-c1cccnc1. The molecule has 0 aliphatic rings. The van der Waals surface area contributed by atoms with Gasteiger partial charge in [-0.3, -0.25) is 4.98 Å². The van der Waals surface area contributed by atoms with Gasteiger partial charge in [0.2, 0.25) is 0 Å². The molecule has 0 saturated heterocycles. The van der Waals surface area contributed by atoms with Gasteiger partial charge in [-0.1, -0.05) is 48.0 Å². The Balaban J connectivity index is 1.60. The molecule has 2 aromatic heterocycles. The van der Waals surface area contributed by atoms with Gasteiger partial charge in [0.05, 0.1) is 11.4 Å². The van der Waals surface area contributed by atoms with Crippen LogP contribution in [0.4, 0.5) is 0 Å². The molecule has 0 radical (unpaired) electrons. The Morgan fingerprint density at radius 3 is 2.41 bits per heavy atom. The van der Waals surface area contributed by atoms with E-state index in [1.54, 1.807) is 6.20 Å². The van der Waals surface area contributed by atoms with Crippen LogP contribution in [0.3, 0.4) is 0 Å². The third-order valence-corrected chi connectivity index (χ3v) is 4.70. The lowest BCUT2D eigenvalue weighted by Gasteiger charge is -2.07. The van der Waals surface area contributed by atoms with Crippen molar-refractivity contribution in [3.05, 3.63) is 101 Å². The highest BCUT2D eigenvalue weighted by atomic mass is 35.5. The summed E-state index contributed by atoms with van der Waals surface area (Å²) in [6.07, 6.45) is 5.68. The zero-order valence-corrected chi connectivity index (χ0v) is 15.5. The van der Waals surface area contributed by atoms with Crippen LogP contribution in [0, 0.1) is 0 Å². The zero-order chi connectivity index (χ0) is 18.5. The van der Waals surface area contributed by atoms with Crippen LogP contribution < -0.4 is 5.32 Å². The van der Waals surface area contributed by atoms with Crippen LogP contribution in [-0.2, 0) is 13.1 Å². The Hall–Kier alpha value is -2.95. The van der Waals surface area contributed by atoms with Crippen LogP contribution in [0.25, 0.3) is 16.9 Å². The van der Waals surface area contributed by atoms with Gasteiger partial charge in [0.1, 0.15) is 0 Å². The standard InChI is InChI=1S/C22H19ClN4/c23-21-11-5-4-7-17(21)13-25-15-19-16-27(20-9-2-1-3-10-20)26-22(19)18-8-6-12-24-14-18/h1-12,14,16,25H,13,15H2. The maximum absolute atomic E-state index is 6.25. The summed E-state index contributed by atoms with van der Waals surface area (Å²) < 4.78 is 1.91. The van der Waals surface area contributed by atoms with E-state index in [0.29, 0.717) is 13.1 Å². The number of para-hydroxylation sites is 1. The quantitative estimate of drug-likeness (QED) is 0.523. The summed E-state index contributed by atoms with van der Waals surface area (Å²) in [5.74, 6) is 0. The van der Waals surface area contributed by atoms with E-state index >= 15 is 0 Å². The van der Waals surface area contributed by atoms with Crippen molar-refractivity contribution in [3.63, 3.8) is 0 Å². The molecular weight excluding hydrogens is 356 g/mol. The molecule has 0 amide bonds. The minimum absolute atomic E-state index is 0.683. The lowest BCUT2D eigenvalue weighted by atomic mass is 10.1. The first-order valence-corrected chi connectivity index (χ1v) is 9.17. The molecule has 27 heavy (non-hydrogen) atoms. The predicted molar refractivity (Wildman–Crippen MR) is 109 cm³/mol. The molecule has 0 aliphatic carbocycles. The van der Waals surface area contributed by atoms with Crippen molar-refractivity contribution in [2.45, 2.75) is 13.1 Å². The summed E-state index contributed by atoms with van der Waals surface area (Å²) >= 11 is 6.25. The van der Waals surface area contributed by atoms with Crippen LogP contribution in [-0.4, -0.2) is 14.8 Å². The van der Waals surface area contributed by atoms with Gasteiger partial charge in [-0.25, -0.2) is 4.68 Å².